The van der Waals surface area contributed by atoms with Gasteiger partial charge in [0.25, 0.3) is 0 Å². The van der Waals surface area contributed by atoms with E-state index in [2.05, 4.69) is 16.4 Å². The summed E-state index contributed by atoms with van der Waals surface area (Å²) in [7, 11) is 0. The van der Waals surface area contributed by atoms with Crippen LogP contribution in [-0.4, -0.2) is 4.98 Å². The Labute approximate surface area is 109 Å². The molecule has 2 aromatic rings. The van der Waals surface area contributed by atoms with Gasteiger partial charge in [0.15, 0.2) is 0 Å². The van der Waals surface area contributed by atoms with Crippen molar-refractivity contribution < 1.29 is 0 Å². The van der Waals surface area contributed by atoms with Crippen molar-refractivity contribution in [2.75, 3.05) is 5.32 Å². The molecule has 0 aliphatic rings. The van der Waals surface area contributed by atoms with Gasteiger partial charge in [-0.3, -0.25) is 0 Å². The lowest BCUT2D eigenvalue weighted by Gasteiger charge is -2.07. The number of nitriles is 2. The molecule has 0 radical (unpaired) electrons. The third kappa shape index (κ3) is 2.57. The van der Waals surface area contributed by atoms with E-state index < -0.39 is 0 Å². The van der Waals surface area contributed by atoms with E-state index in [4.69, 9.17) is 22.1 Å². The number of aromatic nitrogens is 1. The Morgan fingerprint density at radius 1 is 1.11 bits per heavy atom. The van der Waals surface area contributed by atoms with Crippen LogP contribution in [0.5, 0.6) is 0 Å². The summed E-state index contributed by atoms with van der Waals surface area (Å²) >= 11 is 5.87. The standard InChI is InChI=1S/C13H7ClN4/c14-11-3-2-10(7-16)12(5-11)18-13-4-1-9(6-15)8-17-13/h1-5,8H,(H,17,18). The summed E-state index contributed by atoms with van der Waals surface area (Å²) in [5.74, 6) is 0.549. The van der Waals surface area contributed by atoms with Gasteiger partial charge in [-0.25, -0.2) is 4.98 Å². The summed E-state index contributed by atoms with van der Waals surface area (Å²) in [5.41, 5.74) is 1.54. The van der Waals surface area contributed by atoms with Gasteiger partial charge in [0.05, 0.1) is 16.8 Å². The minimum atomic E-state index is 0.477. The average molecular weight is 255 g/mol. The smallest absolute Gasteiger partial charge is 0.130 e. The number of nitrogens with zero attached hydrogens (tertiary/aromatic N) is 3. The molecule has 1 heterocycles. The Morgan fingerprint density at radius 3 is 2.56 bits per heavy atom. The zero-order chi connectivity index (χ0) is 13.0. The predicted molar refractivity (Wildman–Crippen MR) is 68.4 cm³/mol. The second-order valence-electron chi connectivity index (χ2n) is 3.47. The molecule has 1 aromatic carbocycles. The Kier molecular flexibility index (Phi) is 3.43. The highest BCUT2D eigenvalue weighted by Crippen LogP contribution is 2.23. The minimum absolute atomic E-state index is 0.477. The molecule has 0 amide bonds. The van der Waals surface area contributed by atoms with Crippen LogP contribution in [0.1, 0.15) is 11.1 Å². The minimum Gasteiger partial charge on any atom is -0.339 e. The van der Waals surface area contributed by atoms with Crippen LogP contribution in [0.25, 0.3) is 0 Å². The Balaban J connectivity index is 2.31. The van der Waals surface area contributed by atoms with E-state index >= 15 is 0 Å². The number of hydrogen-bond acceptors (Lipinski definition) is 4. The monoisotopic (exact) mass is 254 g/mol. The van der Waals surface area contributed by atoms with Gasteiger partial charge in [-0.1, -0.05) is 11.6 Å². The highest BCUT2D eigenvalue weighted by molar-refractivity contribution is 6.30. The molecule has 0 aliphatic carbocycles. The quantitative estimate of drug-likeness (QED) is 0.893. The molecule has 0 saturated heterocycles. The van der Waals surface area contributed by atoms with Crippen LogP contribution in [-0.2, 0) is 0 Å². The van der Waals surface area contributed by atoms with Crippen molar-refractivity contribution in [1.29, 1.82) is 10.5 Å². The zero-order valence-corrected chi connectivity index (χ0v) is 9.94. The first-order valence-corrected chi connectivity index (χ1v) is 5.43. The van der Waals surface area contributed by atoms with E-state index in [1.54, 1.807) is 30.3 Å². The third-order valence-electron chi connectivity index (χ3n) is 2.26. The number of pyridine rings is 1. The van der Waals surface area contributed by atoms with Crippen LogP contribution < -0.4 is 5.32 Å². The predicted octanol–water partition coefficient (Wildman–Crippen LogP) is 3.22. The maximum absolute atomic E-state index is 8.97. The van der Waals surface area contributed by atoms with Crippen LogP contribution in [0.2, 0.25) is 5.02 Å². The van der Waals surface area contributed by atoms with Crippen molar-refractivity contribution in [2.45, 2.75) is 0 Å². The molecule has 0 saturated carbocycles. The molecule has 0 spiro atoms. The summed E-state index contributed by atoms with van der Waals surface area (Å²) in [5, 5.41) is 21.2. The first kappa shape index (κ1) is 11.9. The molecule has 1 aromatic heterocycles. The maximum atomic E-state index is 8.97. The molecular formula is C13H7ClN4. The van der Waals surface area contributed by atoms with Gasteiger partial charge in [-0.05, 0) is 30.3 Å². The molecule has 0 aliphatic heterocycles. The lowest BCUT2D eigenvalue weighted by Crippen LogP contribution is -1.96. The second-order valence-corrected chi connectivity index (χ2v) is 3.91. The largest absolute Gasteiger partial charge is 0.339 e. The number of hydrogen-bond donors (Lipinski definition) is 1. The highest BCUT2D eigenvalue weighted by Gasteiger charge is 2.04. The van der Waals surface area contributed by atoms with Crippen LogP contribution >= 0.6 is 11.6 Å². The number of anilines is 2. The molecule has 18 heavy (non-hydrogen) atoms. The topological polar surface area (TPSA) is 72.5 Å². The normalized spacial score (nSPS) is 9.28. The van der Waals surface area contributed by atoms with Crippen molar-refractivity contribution in [1.82, 2.24) is 4.98 Å². The van der Waals surface area contributed by atoms with E-state index in [-0.39, 0.29) is 0 Å². The fourth-order valence-corrected chi connectivity index (χ4v) is 1.56. The van der Waals surface area contributed by atoms with Crippen molar-refractivity contribution in [3.63, 3.8) is 0 Å². The summed E-state index contributed by atoms with van der Waals surface area (Å²) in [6, 6.07) is 12.3. The van der Waals surface area contributed by atoms with E-state index in [1.165, 1.54) is 6.20 Å². The van der Waals surface area contributed by atoms with Crippen LogP contribution in [0.15, 0.2) is 36.5 Å². The van der Waals surface area contributed by atoms with E-state index in [1.807, 2.05) is 6.07 Å². The lowest BCUT2D eigenvalue weighted by molar-refractivity contribution is 1.28. The fraction of sp³-hybridized carbons (Fsp3) is 0. The molecule has 5 heteroatoms. The fourth-order valence-electron chi connectivity index (χ4n) is 1.39. The maximum Gasteiger partial charge on any atom is 0.130 e. The molecule has 2 rings (SSSR count). The van der Waals surface area contributed by atoms with Gasteiger partial charge in [0.1, 0.15) is 18.0 Å². The highest BCUT2D eigenvalue weighted by atomic mass is 35.5. The SMILES string of the molecule is N#Cc1ccc(Nc2cc(Cl)ccc2C#N)nc1. The molecular weight excluding hydrogens is 248 g/mol. The Morgan fingerprint density at radius 2 is 1.94 bits per heavy atom. The average Bonchev–Trinajstić information content (AvgIpc) is 2.40. The summed E-state index contributed by atoms with van der Waals surface area (Å²) in [6.45, 7) is 0. The van der Waals surface area contributed by atoms with E-state index in [9.17, 15) is 0 Å². The molecule has 0 fully saturated rings. The van der Waals surface area contributed by atoms with Crippen molar-refractivity contribution >= 4 is 23.1 Å². The molecule has 4 nitrogen and oxygen atoms in total. The second kappa shape index (κ2) is 5.18. The van der Waals surface area contributed by atoms with Crippen LogP contribution in [0.4, 0.5) is 11.5 Å². The van der Waals surface area contributed by atoms with Crippen LogP contribution in [0.3, 0.4) is 0 Å². The van der Waals surface area contributed by atoms with Gasteiger partial charge in [0.2, 0.25) is 0 Å². The van der Waals surface area contributed by atoms with Crippen molar-refractivity contribution in [2.24, 2.45) is 0 Å². The Bertz CT molecular complexity index is 650. The third-order valence-corrected chi connectivity index (χ3v) is 2.49. The van der Waals surface area contributed by atoms with Gasteiger partial charge in [-0.15, -0.1) is 0 Å². The van der Waals surface area contributed by atoms with Gasteiger partial charge in [-0.2, -0.15) is 10.5 Å². The van der Waals surface area contributed by atoms with Gasteiger partial charge < -0.3 is 5.32 Å². The molecule has 0 atom stereocenters. The molecule has 86 valence electrons. The first-order chi connectivity index (χ1) is 8.72. The number of benzene rings is 1. The number of halogens is 1. The number of rotatable bonds is 2. The first-order valence-electron chi connectivity index (χ1n) is 5.06. The van der Waals surface area contributed by atoms with Crippen molar-refractivity contribution in [3.8, 4) is 12.1 Å². The zero-order valence-electron chi connectivity index (χ0n) is 9.18. The molecule has 0 unspecified atom stereocenters. The lowest BCUT2D eigenvalue weighted by atomic mass is 10.2. The van der Waals surface area contributed by atoms with Gasteiger partial charge >= 0.3 is 0 Å². The Hall–Kier alpha value is -2.56. The molecule has 1 N–H and O–H groups in total. The van der Waals surface area contributed by atoms with Gasteiger partial charge in [0, 0.05) is 11.2 Å². The summed E-state index contributed by atoms with van der Waals surface area (Å²) in [6.07, 6.45) is 1.46. The number of nitrogens with one attached hydrogen (secondary N) is 1. The molecule has 0 bridgehead atoms. The van der Waals surface area contributed by atoms with E-state index in [0.717, 1.165) is 0 Å². The van der Waals surface area contributed by atoms with Crippen LogP contribution in [0, 0.1) is 22.7 Å². The summed E-state index contributed by atoms with van der Waals surface area (Å²) in [4.78, 5) is 4.06. The van der Waals surface area contributed by atoms with E-state index in [0.29, 0.717) is 27.7 Å². The summed E-state index contributed by atoms with van der Waals surface area (Å²) < 4.78 is 0. The van der Waals surface area contributed by atoms with Crippen molar-refractivity contribution in [3.05, 3.63) is 52.7 Å².